The van der Waals surface area contributed by atoms with Gasteiger partial charge in [0.25, 0.3) is 0 Å². The normalized spacial score (nSPS) is 33.8. The molecule has 1 unspecified atom stereocenters. The standard InChI is InChI=1S/C39H52F2N4O8/c1-7-36(4)22-26(46)32-37(5)27(47)16-17-35(2,3)33(37)31(51)34(38(32,6)53-36)52-30(50)15-14-29(49)43-19-18-42-28(48)13-12-23-10-11-25-21-24-9-8-20-44(24)39(40,41)45(23)25/h7-11,20,27,31-34,47,51H,1,12-19,21-22H2,2-6H3,(H,42,48)(H,43,49)/t27-,31-,32?,33-,34-,36-,37+,38-/m0/s1. The summed E-state index contributed by atoms with van der Waals surface area (Å²) in [6.45, 7) is 13.2. The predicted octanol–water partition coefficient (Wildman–Crippen LogP) is 3.59. The van der Waals surface area contributed by atoms with Crippen LogP contribution in [0.3, 0.4) is 0 Å². The van der Waals surface area contributed by atoms with Gasteiger partial charge in [-0.1, -0.05) is 26.8 Å². The Balaban J connectivity index is 1.01. The van der Waals surface area contributed by atoms with Gasteiger partial charge < -0.3 is 30.3 Å². The maximum absolute atomic E-state index is 15.2. The van der Waals surface area contributed by atoms with Crippen molar-refractivity contribution < 1.29 is 47.6 Å². The van der Waals surface area contributed by atoms with Gasteiger partial charge in [0, 0.05) is 73.4 Å². The number of nitrogens with one attached hydrogen (secondary N) is 2. The maximum Gasteiger partial charge on any atom is 0.421 e. The molecule has 2 aromatic rings. The van der Waals surface area contributed by atoms with Crippen LogP contribution in [-0.4, -0.2) is 85.5 Å². The number of carbonyl (C=O) groups is 4. The molecule has 14 heteroatoms. The van der Waals surface area contributed by atoms with Gasteiger partial charge in [-0.15, -0.1) is 6.58 Å². The van der Waals surface area contributed by atoms with Crippen molar-refractivity contribution in [3.05, 3.63) is 60.2 Å². The van der Waals surface area contributed by atoms with E-state index < -0.39 is 70.2 Å². The molecular formula is C39H52F2N4O8. The molecule has 0 bridgehead atoms. The molecule has 4 heterocycles. The van der Waals surface area contributed by atoms with Crippen LogP contribution in [0, 0.1) is 22.7 Å². The highest BCUT2D eigenvalue weighted by Crippen LogP contribution is 2.65. The Kier molecular flexibility index (Phi) is 10.1. The predicted molar refractivity (Wildman–Crippen MR) is 189 cm³/mol. The molecule has 2 aliphatic heterocycles. The Morgan fingerprint density at radius 1 is 1.02 bits per heavy atom. The van der Waals surface area contributed by atoms with Crippen molar-refractivity contribution >= 4 is 23.6 Å². The number of rotatable bonds is 11. The number of aliphatic hydroxyl groups excluding tert-OH is 2. The maximum atomic E-state index is 15.2. The number of ketones is 1. The lowest BCUT2D eigenvalue weighted by atomic mass is 9.41. The van der Waals surface area contributed by atoms with Gasteiger partial charge in [0.05, 0.1) is 30.1 Å². The molecule has 0 spiro atoms. The number of aromatic nitrogens is 2. The number of ether oxygens (including phenoxy) is 2. The molecule has 3 fully saturated rings. The van der Waals surface area contributed by atoms with Gasteiger partial charge in [-0.05, 0) is 62.8 Å². The van der Waals surface area contributed by atoms with Crippen LogP contribution < -0.4 is 10.6 Å². The molecule has 0 aromatic carbocycles. The quantitative estimate of drug-likeness (QED) is 0.154. The van der Waals surface area contributed by atoms with Crippen molar-refractivity contribution in [1.82, 2.24) is 19.8 Å². The minimum Gasteiger partial charge on any atom is -0.456 e. The third kappa shape index (κ3) is 6.64. The summed E-state index contributed by atoms with van der Waals surface area (Å²) in [4.78, 5) is 52.4. The SMILES string of the molecule is C=C[C@@]1(C)CC(=O)C2[C@@]3(C)[C@@H](O)CCC(C)(C)[C@@H]3[C@H](O)[C@H](OC(=O)CCC(=O)NCCNC(=O)CCc3ccc4n3C(F)(F)n3cccc3C4)[C@@]2(C)O1. The van der Waals surface area contributed by atoms with Crippen LogP contribution in [0.5, 0.6) is 0 Å². The summed E-state index contributed by atoms with van der Waals surface area (Å²) in [5, 5.41) is 28.7. The lowest BCUT2D eigenvalue weighted by Crippen LogP contribution is -2.77. The number of Topliss-reactive ketones (excluding diaryl/α,β-unsaturated/α-hetero) is 1. The van der Waals surface area contributed by atoms with Crippen molar-refractivity contribution in [2.45, 2.75) is 122 Å². The molecule has 4 N–H and O–H groups in total. The fourth-order valence-corrected chi connectivity index (χ4v) is 10.2. The minimum absolute atomic E-state index is 0.0209. The van der Waals surface area contributed by atoms with Crippen LogP contribution in [-0.2, 0) is 47.7 Å². The van der Waals surface area contributed by atoms with Crippen LogP contribution in [0.1, 0.15) is 90.2 Å². The van der Waals surface area contributed by atoms with Crippen molar-refractivity contribution in [2.24, 2.45) is 22.7 Å². The zero-order valence-corrected chi connectivity index (χ0v) is 31.1. The second-order valence-electron chi connectivity index (χ2n) is 16.6. The molecule has 8 atom stereocenters. The summed E-state index contributed by atoms with van der Waals surface area (Å²) in [6, 6.07) is 6.50. The summed E-state index contributed by atoms with van der Waals surface area (Å²) in [5.74, 6) is -3.24. The fraction of sp³-hybridized carbons (Fsp3) is 0.641. The first-order valence-corrected chi connectivity index (χ1v) is 18.5. The van der Waals surface area contributed by atoms with Gasteiger partial charge in [-0.3, -0.25) is 28.3 Å². The number of hydrogen-bond donors (Lipinski definition) is 4. The second kappa shape index (κ2) is 13.8. The van der Waals surface area contributed by atoms with E-state index in [4.69, 9.17) is 9.47 Å². The van der Waals surface area contributed by atoms with E-state index in [-0.39, 0.29) is 56.9 Å². The number of esters is 1. The van der Waals surface area contributed by atoms with E-state index in [1.54, 1.807) is 38.1 Å². The number of nitrogens with zero attached hydrogens (tertiary/aromatic N) is 2. The van der Waals surface area contributed by atoms with Gasteiger partial charge in [0.2, 0.25) is 11.8 Å². The monoisotopic (exact) mass is 742 g/mol. The Bertz CT molecular complexity index is 1790. The first-order valence-electron chi connectivity index (χ1n) is 18.5. The van der Waals surface area contributed by atoms with E-state index in [0.717, 1.165) is 9.13 Å². The largest absolute Gasteiger partial charge is 0.456 e. The van der Waals surface area contributed by atoms with Crippen LogP contribution in [0.25, 0.3) is 0 Å². The average molecular weight is 743 g/mol. The first kappa shape index (κ1) is 38.8. The lowest BCUT2D eigenvalue weighted by Gasteiger charge is -2.68. The minimum atomic E-state index is -3.28. The zero-order chi connectivity index (χ0) is 38.7. The summed E-state index contributed by atoms with van der Waals surface area (Å²) in [6.07, 6.45) is -2.90. The van der Waals surface area contributed by atoms with Crippen molar-refractivity contribution in [1.29, 1.82) is 0 Å². The molecule has 6 rings (SSSR count). The number of hydrogen-bond acceptors (Lipinski definition) is 8. The van der Waals surface area contributed by atoms with E-state index in [2.05, 4.69) is 17.2 Å². The zero-order valence-electron chi connectivity index (χ0n) is 31.1. The Morgan fingerprint density at radius 2 is 1.70 bits per heavy atom. The Morgan fingerprint density at radius 3 is 2.38 bits per heavy atom. The smallest absolute Gasteiger partial charge is 0.421 e. The summed E-state index contributed by atoms with van der Waals surface area (Å²) in [7, 11) is 0. The Labute approximate surface area is 308 Å². The molecule has 12 nitrogen and oxygen atoms in total. The van der Waals surface area contributed by atoms with Gasteiger partial charge in [0.1, 0.15) is 11.4 Å². The molecule has 290 valence electrons. The number of alkyl halides is 2. The molecule has 2 aromatic heterocycles. The van der Waals surface area contributed by atoms with E-state index in [0.29, 0.717) is 36.3 Å². The molecule has 0 radical (unpaired) electrons. The number of fused-ring (bicyclic) bond motifs is 5. The topological polar surface area (TPSA) is 161 Å². The van der Waals surface area contributed by atoms with E-state index >= 15 is 8.78 Å². The van der Waals surface area contributed by atoms with Crippen LogP contribution in [0.4, 0.5) is 8.78 Å². The molecule has 2 aliphatic carbocycles. The van der Waals surface area contributed by atoms with Gasteiger partial charge >= 0.3 is 12.1 Å². The Hall–Kier alpha value is -3.88. The van der Waals surface area contributed by atoms with Gasteiger partial charge in [-0.25, -0.2) is 0 Å². The summed E-state index contributed by atoms with van der Waals surface area (Å²) < 4.78 is 44.8. The molecule has 4 aliphatic rings. The average Bonchev–Trinajstić information content (AvgIpc) is 3.73. The number of aliphatic hydroxyl groups is 2. The van der Waals surface area contributed by atoms with Crippen molar-refractivity contribution in [3.8, 4) is 0 Å². The highest BCUT2D eigenvalue weighted by Gasteiger charge is 2.73. The second-order valence-corrected chi connectivity index (χ2v) is 16.6. The summed E-state index contributed by atoms with van der Waals surface area (Å²) >= 11 is 0. The van der Waals surface area contributed by atoms with E-state index in [1.807, 2.05) is 20.8 Å². The van der Waals surface area contributed by atoms with Crippen LogP contribution in [0.2, 0.25) is 0 Å². The molecular weight excluding hydrogens is 690 g/mol. The number of carbonyl (C=O) groups excluding carboxylic acids is 4. The van der Waals surface area contributed by atoms with Gasteiger partial charge in [-0.2, -0.15) is 8.78 Å². The van der Waals surface area contributed by atoms with Crippen molar-refractivity contribution in [2.75, 3.05) is 13.1 Å². The number of amides is 2. The van der Waals surface area contributed by atoms with Crippen LogP contribution >= 0.6 is 0 Å². The lowest BCUT2D eigenvalue weighted by molar-refractivity contribution is -0.321. The fourth-order valence-electron chi connectivity index (χ4n) is 10.2. The van der Waals surface area contributed by atoms with Crippen LogP contribution in [0.15, 0.2) is 43.1 Å². The van der Waals surface area contributed by atoms with E-state index in [9.17, 15) is 29.4 Å². The van der Waals surface area contributed by atoms with E-state index in [1.165, 1.54) is 12.3 Å². The first-order chi connectivity index (χ1) is 24.8. The highest BCUT2D eigenvalue weighted by molar-refractivity contribution is 5.86. The third-order valence-electron chi connectivity index (χ3n) is 12.4. The third-order valence-corrected chi connectivity index (χ3v) is 12.4. The molecule has 1 saturated heterocycles. The molecule has 53 heavy (non-hydrogen) atoms. The van der Waals surface area contributed by atoms with Crippen molar-refractivity contribution in [3.63, 3.8) is 0 Å². The summed E-state index contributed by atoms with van der Waals surface area (Å²) in [5.41, 5.74) is -2.82. The highest BCUT2D eigenvalue weighted by atomic mass is 19.3. The number of aryl methyl sites for hydroxylation is 1. The van der Waals surface area contributed by atoms with Gasteiger partial charge in [0.15, 0.2) is 6.10 Å². The molecule has 2 saturated carbocycles. The number of halogens is 2. The molecule has 2 amide bonds.